The zero-order valence-electron chi connectivity index (χ0n) is 11.8. The van der Waals surface area contributed by atoms with Crippen molar-refractivity contribution in [1.29, 1.82) is 0 Å². The minimum atomic E-state index is -3.09. The maximum atomic E-state index is 11.6. The summed E-state index contributed by atoms with van der Waals surface area (Å²) in [4.78, 5) is 0. The lowest BCUT2D eigenvalue weighted by Gasteiger charge is -2.06. The van der Waals surface area contributed by atoms with E-state index in [1.54, 1.807) is 0 Å². The highest BCUT2D eigenvalue weighted by atomic mass is 32.2. The molecule has 1 rings (SSSR count). The van der Waals surface area contributed by atoms with Gasteiger partial charge in [0.2, 0.25) is 10.0 Å². The van der Waals surface area contributed by atoms with Crippen LogP contribution >= 0.6 is 0 Å². The van der Waals surface area contributed by atoms with Gasteiger partial charge in [-0.3, -0.25) is 0 Å². The Morgan fingerprint density at radius 3 is 2.50 bits per heavy atom. The zero-order valence-corrected chi connectivity index (χ0v) is 12.6. The summed E-state index contributed by atoms with van der Waals surface area (Å²) >= 11 is 0. The van der Waals surface area contributed by atoms with Gasteiger partial charge in [-0.25, -0.2) is 13.1 Å². The summed E-state index contributed by atoms with van der Waals surface area (Å²) in [5.74, 6) is 0.232. The van der Waals surface area contributed by atoms with E-state index in [4.69, 9.17) is 0 Å². The Morgan fingerprint density at radius 1 is 1.33 bits per heavy atom. The molecule has 1 aromatic rings. The third-order valence-electron chi connectivity index (χ3n) is 3.36. The molecule has 4 nitrogen and oxygen atoms in total. The summed E-state index contributed by atoms with van der Waals surface area (Å²) in [5.41, 5.74) is 3.63. The maximum Gasteiger partial charge on any atom is 0.211 e. The molecule has 18 heavy (non-hydrogen) atoms. The molecule has 0 aliphatic rings. The number of rotatable bonds is 7. The second-order valence-electron chi connectivity index (χ2n) is 4.77. The molecule has 104 valence electrons. The molecular weight excluding hydrogens is 248 g/mol. The third-order valence-corrected chi connectivity index (χ3v) is 4.83. The van der Waals surface area contributed by atoms with E-state index in [-0.39, 0.29) is 5.75 Å². The number of aromatic nitrogens is 1. The zero-order chi connectivity index (χ0) is 13.8. The van der Waals surface area contributed by atoms with Crippen LogP contribution in [0.1, 0.15) is 36.7 Å². The van der Waals surface area contributed by atoms with Gasteiger partial charge in [-0.2, -0.15) is 0 Å². The van der Waals surface area contributed by atoms with E-state index in [0.29, 0.717) is 6.54 Å². The van der Waals surface area contributed by atoms with Gasteiger partial charge in [-0.05, 0) is 38.3 Å². The van der Waals surface area contributed by atoms with E-state index >= 15 is 0 Å². The van der Waals surface area contributed by atoms with Crippen LogP contribution in [0.15, 0.2) is 6.07 Å². The van der Waals surface area contributed by atoms with Gasteiger partial charge in [0.15, 0.2) is 0 Å². The van der Waals surface area contributed by atoms with Gasteiger partial charge < -0.3 is 4.57 Å². The first-order valence-electron chi connectivity index (χ1n) is 6.46. The number of sulfonamides is 1. The highest BCUT2D eigenvalue weighted by Gasteiger charge is 2.10. The van der Waals surface area contributed by atoms with Crippen molar-refractivity contribution in [3.05, 3.63) is 23.0 Å². The van der Waals surface area contributed by atoms with Crippen LogP contribution in [-0.4, -0.2) is 25.3 Å². The first kappa shape index (κ1) is 15.2. The van der Waals surface area contributed by atoms with Gasteiger partial charge in [0, 0.05) is 25.0 Å². The van der Waals surface area contributed by atoms with E-state index in [0.717, 1.165) is 19.3 Å². The Labute approximate surface area is 110 Å². The van der Waals surface area contributed by atoms with Crippen LogP contribution in [0.5, 0.6) is 0 Å². The highest BCUT2D eigenvalue weighted by molar-refractivity contribution is 7.89. The molecule has 0 radical (unpaired) electrons. The number of nitrogens with zero attached hydrogens (tertiary/aromatic N) is 1. The molecule has 0 unspecified atom stereocenters. The molecule has 0 saturated heterocycles. The number of hydrogen-bond donors (Lipinski definition) is 1. The molecule has 0 aromatic carbocycles. The van der Waals surface area contributed by atoms with E-state index in [1.807, 2.05) is 14.0 Å². The fraction of sp³-hybridized carbons (Fsp3) is 0.692. The van der Waals surface area contributed by atoms with Gasteiger partial charge in [-0.1, -0.05) is 13.3 Å². The van der Waals surface area contributed by atoms with Gasteiger partial charge in [0.05, 0.1) is 5.75 Å². The summed E-state index contributed by atoms with van der Waals surface area (Å²) in [6.07, 6.45) is 2.37. The molecule has 0 aliphatic carbocycles. The van der Waals surface area contributed by atoms with Crippen LogP contribution in [0.25, 0.3) is 0 Å². The van der Waals surface area contributed by atoms with Crippen LogP contribution in [0.4, 0.5) is 0 Å². The molecule has 0 fully saturated rings. The standard InChI is InChI=1S/C13H24N2O2S/c1-5-6-9-18(16,17)14-8-7-13-10-11(2)15(4)12(13)3/h10,14H,5-9H2,1-4H3. The van der Waals surface area contributed by atoms with Gasteiger partial charge in [0.25, 0.3) is 0 Å². The maximum absolute atomic E-state index is 11.6. The highest BCUT2D eigenvalue weighted by Crippen LogP contribution is 2.13. The summed E-state index contributed by atoms with van der Waals surface area (Å²) < 4.78 is 28.0. The first-order valence-corrected chi connectivity index (χ1v) is 8.11. The Hall–Kier alpha value is -0.810. The lowest BCUT2D eigenvalue weighted by Crippen LogP contribution is -2.28. The molecule has 1 aromatic heterocycles. The van der Waals surface area contributed by atoms with E-state index in [1.165, 1.54) is 17.0 Å². The van der Waals surface area contributed by atoms with Gasteiger partial charge >= 0.3 is 0 Å². The van der Waals surface area contributed by atoms with E-state index in [9.17, 15) is 8.42 Å². The second-order valence-corrected chi connectivity index (χ2v) is 6.70. The van der Waals surface area contributed by atoms with Gasteiger partial charge in [-0.15, -0.1) is 0 Å². The SMILES string of the molecule is CCCCS(=O)(=O)NCCc1cc(C)n(C)c1C. The van der Waals surface area contributed by atoms with Crippen molar-refractivity contribution >= 4 is 10.0 Å². The molecule has 1 N–H and O–H groups in total. The predicted molar refractivity (Wildman–Crippen MR) is 75.3 cm³/mol. The number of unbranched alkanes of at least 4 members (excludes halogenated alkanes) is 1. The summed E-state index contributed by atoms with van der Waals surface area (Å²) in [6, 6.07) is 2.12. The third kappa shape index (κ3) is 4.14. The normalized spacial score (nSPS) is 12.0. The Balaban J connectivity index is 2.49. The lowest BCUT2D eigenvalue weighted by atomic mass is 10.2. The molecule has 0 aliphatic heterocycles. The van der Waals surface area contributed by atoms with Crippen LogP contribution in [0.2, 0.25) is 0 Å². The monoisotopic (exact) mass is 272 g/mol. The smallest absolute Gasteiger partial charge is 0.211 e. The fourth-order valence-corrected chi connectivity index (χ4v) is 3.16. The summed E-state index contributed by atoms with van der Waals surface area (Å²) in [6.45, 7) is 6.60. The van der Waals surface area contributed by atoms with Crippen LogP contribution in [0.3, 0.4) is 0 Å². The summed E-state index contributed by atoms with van der Waals surface area (Å²) in [7, 11) is -1.06. The lowest BCUT2D eigenvalue weighted by molar-refractivity contribution is 0.578. The molecular formula is C13H24N2O2S. The van der Waals surface area contributed by atoms with Crippen molar-refractivity contribution in [2.75, 3.05) is 12.3 Å². The minimum absolute atomic E-state index is 0.232. The average Bonchev–Trinajstić information content (AvgIpc) is 2.54. The Morgan fingerprint density at radius 2 is 2.00 bits per heavy atom. The predicted octanol–water partition coefficient (Wildman–Crippen LogP) is 1.90. The molecule has 0 spiro atoms. The molecule has 0 bridgehead atoms. The van der Waals surface area contributed by atoms with Crippen molar-refractivity contribution < 1.29 is 8.42 Å². The van der Waals surface area contributed by atoms with Crippen molar-refractivity contribution in [2.45, 2.75) is 40.0 Å². The number of aryl methyl sites for hydroxylation is 1. The molecule has 1 heterocycles. The second kappa shape index (κ2) is 6.38. The topological polar surface area (TPSA) is 51.1 Å². The van der Waals surface area contributed by atoms with Crippen molar-refractivity contribution in [2.24, 2.45) is 7.05 Å². The van der Waals surface area contributed by atoms with Crippen molar-refractivity contribution in [1.82, 2.24) is 9.29 Å². The van der Waals surface area contributed by atoms with Gasteiger partial charge in [0.1, 0.15) is 0 Å². The fourth-order valence-electron chi connectivity index (χ4n) is 1.93. The van der Waals surface area contributed by atoms with E-state index < -0.39 is 10.0 Å². The number of nitrogens with one attached hydrogen (secondary N) is 1. The van der Waals surface area contributed by atoms with Crippen LogP contribution in [0, 0.1) is 13.8 Å². The quantitative estimate of drug-likeness (QED) is 0.824. The minimum Gasteiger partial charge on any atom is -0.352 e. The largest absolute Gasteiger partial charge is 0.352 e. The van der Waals surface area contributed by atoms with Crippen LogP contribution in [-0.2, 0) is 23.5 Å². The molecule has 5 heteroatoms. The molecule has 0 saturated carbocycles. The Kier molecular flexibility index (Phi) is 5.41. The Bertz CT molecular complexity index is 489. The van der Waals surface area contributed by atoms with Crippen molar-refractivity contribution in [3.8, 4) is 0 Å². The molecule has 0 atom stereocenters. The number of hydrogen-bond acceptors (Lipinski definition) is 2. The summed E-state index contributed by atoms with van der Waals surface area (Å²) in [5, 5.41) is 0. The first-order chi connectivity index (χ1) is 8.37. The van der Waals surface area contributed by atoms with E-state index in [2.05, 4.69) is 29.2 Å². The van der Waals surface area contributed by atoms with Crippen LogP contribution < -0.4 is 4.72 Å². The molecule has 0 amide bonds. The van der Waals surface area contributed by atoms with Crippen molar-refractivity contribution in [3.63, 3.8) is 0 Å². The average molecular weight is 272 g/mol.